The number of hydrogen-bond donors (Lipinski definition) is 0. The van der Waals surface area contributed by atoms with Gasteiger partial charge in [-0.05, 0) is 12.8 Å². The maximum absolute atomic E-state index is 5.84. The number of hydrogen-bond acceptors (Lipinski definition) is 4. The molecule has 0 bridgehead atoms. The van der Waals surface area contributed by atoms with Crippen molar-refractivity contribution in [1.82, 2.24) is 0 Å². The normalized spacial score (nSPS) is 35.0. The van der Waals surface area contributed by atoms with Gasteiger partial charge in [-0.2, -0.15) is 0 Å². The fourth-order valence-electron chi connectivity index (χ4n) is 2.83. The molecule has 1 saturated heterocycles. The highest BCUT2D eigenvalue weighted by atomic mass is 16.8. The van der Waals surface area contributed by atoms with Gasteiger partial charge in [-0.15, -0.1) is 0 Å². The Morgan fingerprint density at radius 1 is 1.27 bits per heavy atom. The average Bonchev–Trinajstić information content (AvgIpc) is 3.01. The standard InChI is InChI=1S/C11H20O4/c1-12-8-11(13-2,14-3)10-7-5-4-6-9(10)15-10/h9H,4-8H2,1-3H3. The summed E-state index contributed by atoms with van der Waals surface area (Å²) in [6.07, 6.45) is 4.82. The van der Waals surface area contributed by atoms with Gasteiger partial charge in [-0.1, -0.05) is 12.8 Å². The third-order valence-electron chi connectivity index (χ3n) is 3.72. The van der Waals surface area contributed by atoms with Crippen LogP contribution in [-0.2, 0) is 18.9 Å². The largest absolute Gasteiger partial charge is 0.379 e. The highest BCUT2D eigenvalue weighted by Gasteiger charge is 2.70. The van der Waals surface area contributed by atoms with Gasteiger partial charge in [0, 0.05) is 21.3 Å². The maximum atomic E-state index is 5.84. The zero-order chi connectivity index (χ0) is 10.9. The lowest BCUT2D eigenvalue weighted by atomic mass is 9.82. The van der Waals surface area contributed by atoms with Crippen molar-refractivity contribution in [2.24, 2.45) is 0 Å². The Kier molecular flexibility index (Phi) is 3.03. The molecule has 0 aromatic heterocycles. The first kappa shape index (κ1) is 11.3. The van der Waals surface area contributed by atoms with Crippen LogP contribution in [0.15, 0.2) is 0 Å². The second-order valence-electron chi connectivity index (χ2n) is 4.34. The first-order valence-corrected chi connectivity index (χ1v) is 5.52. The van der Waals surface area contributed by atoms with Gasteiger partial charge in [0.1, 0.15) is 6.61 Å². The average molecular weight is 216 g/mol. The summed E-state index contributed by atoms with van der Waals surface area (Å²) in [6.45, 7) is 0.413. The summed E-state index contributed by atoms with van der Waals surface area (Å²) in [5, 5.41) is 0. The summed E-state index contributed by atoms with van der Waals surface area (Å²) in [7, 11) is 4.97. The number of methoxy groups -OCH3 is 3. The van der Waals surface area contributed by atoms with Crippen LogP contribution in [0.1, 0.15) is 25.7 Å². The summed E-state index contributed by atoms with van der Waals surface area (Å²) >= 11 is 0. The van der Waals surface area contributed by atoms with Crippen LogP contribution in [0.2, 0.25) is 0 Å². The molecule has 0 amide bonds. The minimum atomic E-state index is -0.729. The van der Waals surface area contributed by atoms with Crippen molar-refractivity contribution >= 4 is 0 Å². The highest BCUT2D eigenvalue weighted by molar-refractivity contribution is 5.14. The molecule has 4 nitrogen and oxygen atoms in total. The van der Waals surface area contributed by atoms with Gasteiger partial charge in [0.15, 0.2) is 5.60 Å². The summed E-state index contributed by atoms with van der Waals surface area (Å²) in [5.74, 6) is -0.729. The predicted octanol–water partition coefficient (Wildman–Crippen LogP) is 1.33. The maximum Gasteiger partial charge on any atom is 0.224 e. The molecule has 2 aliphatic rings. The molecular formula is C11H20O4. The molecule has 15 heavy (non-hydrogen) atoms. The van der Waals surface area contributed by atoms with Crippen molar-refractivity contribution in [3.63, 3.8) is 0 Å². The van der Waals surface area contributed by atoms with Crippen LogP contribution < -0.4 is 0 Å². The second kappa shape index (κ2) is 4.01. The molecule has 2 unspecified atom stereocenters. The first-order valence-electron chi connectivity index (χ1n) is 5.52. The molecule has 4 heteroatoms. The second-order valence-corrected chi connectivity index (χ2v) is 4.34. The monoisotopic (exact) mass is 216 g/mol. The van der Waals surface area contributed by atoms with Gasteiger partial charge in [-0.3, -0.25) is 0 Å². The summed E-state index contributed by atoms with van der Waals surface area (Å²) in [6, 6.07) is 0. The summed E-state index contributed by atoms with van der Waals surface area (Å²) < 4.78 is 22.1. The van der Waals surface area contributed by atoms with Crippen LogP contribution in [-0.4, -0.2) is 45.4 Å². The van der Waals surface area contributed by atoms with Crippen molar-refractivity contribution in [2.45, 2.75) is 43.2 Å². The Morgan fingerprint density at radius 3 is 2.53 bits per heavy atom. The van der Waals surface area contributed by atoms with Gasteiger partial charge in [0.2, 0.25) is 5.79 Å². The van der Waals surface area contributed by atoms with Crippen LogP contribution >= 0.6 is 0 Å². The lowest BCUT2D eigenvalue weighted by Gasteiger charge is -2.37. The minimum Gasteiger partial charge on any atom is -0.379 e. The third-order valence-corrected chi connectivity index (χ3v) is 3.72. The molecule has 0 aromatic carbocycles. The molecule has 0 N–H and O–H groups in total. The summed E-state index contributed by atoms with van der Waals surface area (Å²) in [4.78, 5) is 0. The third kappa shape index (κ3) is 1.51. The topological polar surface area (TPSA) is 40.2 Å². The van der Waals surface area contributed by atoms with Gasteiger partial charge in [-0.25, -0.2) is 0 Å². The van der Waals surface area contributed by atoms with Crippen LogP contribution in [0.25, 0.3) is 0 Å². The molecular weight excluding hydrogens is 196 g/mol. The predicted molar refractivity (Wildman–Crippen MR) is 54.7 cm³/mol. The smallest absolute Gasteiger partial charge is 0.224 e. The molecule has 2 fully saturated rings. The molecule has 2 rings (SSSR count). The van der Waals surface area contributed by atoms with E-state index in [0.29, 0.717) is 12.7 Å². The molecule has 1 saturated carbocycles. The molecule has 0 radical (unpaired) electrons. The lowest BCUT2D eigenvalue weighted by Crippen LogP contribution is -2.54. The van der Waals surface area contributed by atoms with Crippen molar-refractivity contribution in [1.29, 1.82) is 0 Å². The van der Waals surface area contributed by atoms with E-state index in [1.807, 2.05) is 0 Å². The van der Waals surface area contributed by atoms with Gasteiger partial charge >= 0.3 is 0 Å². The molecule has 88 valence electrons. The molecule has 1 heterocycles. The van der Waals surface area contributed by atoms with Crippen LogP contribution in [0.5, 0.6) is 0 Å². The molecule has 0 spiro atoms. The van der Waals surface area contributed by atoms with Gasteiger partial charge in [0.25, 0.3) is 0 Å². The first-order chi connectivity index (χ1) is 7.24. The fraction of sp³-hybridized carbons (Fsp3) is 1.00. The quantitative estimate of drug-likeness (QED) is 0.513. The van der Waals surface area contributed by atoms with E-state index in [0.717, 1.165) is 12.8 Å². The van der Waals surface area contributed by atoms with Crippen molar-refractivity contribution in [3.05, 3.63) is 0 Å². The minimum absolute atomic E-state index is 0.259. The zero-order valence-corrected chi connectivity index (χ0v) is 9.75. The van der Waals surface area contributed by atoms with Crippen LogP contribution in [0.4, 0.5) is 0 Å². The fourth-order valence-corrected chi connectivity index (χ4v) is 2.83. The van der Waals surface area contributed by atoms with E-state index in [9.17, 15) is 0 Å². The molecule has 1 aliphatic heterocycles. The molecule has 2 atom stereocenters. The van der Waals surface area contributed by atoms with E-state index in [4.69, 9.17) is 18.9 Å². The number of fused-ring (bicyclic) bond motifs is 1. The van der Waals surface area contributed by atoms with E-state index in [2.05, 4.69) is 0 Å². The number of epoxide rings is 1. The van der Waals surface area contributed by atoms with Crippen molar-refractivity contribution < 1.29 is 18.9 Å². The van der Waals surface area contributed by atoms with Crippen LogP contribution in [0, 0.1) is 0 Å². The number of ether oxygens (including phenoxy) is 4. The highest BCUT2D eigenvalue weighted by Crippen LogP contribution is 2.55. The van der Waals surface area contributed by atoms with Crippen molar-refractivity contribution in [3.8, 4) is 0 Å². The van der Waals surface area contributed by atoms with E-state index in [1.165, 1.54) is 12.8 Å². The SMILES string of the molecule is COCC(OC)(OC)C12CCCCC1O2. The summed E-state index contributed by atoms with van der Waals surface area (Å²) in [5.41, 5.74) is -0.259. The Morgan fingerprint density at radius 2 is 2.00 bits per heavy atom. The Labute approximate surface area is 90.8 Å². The van der Waals surface area contributed by atoms with E-state index < -0.39 is 5.79 Å². The Balaban J connectivity index is 2.17. The Bertz CT molecular complexity index is 227. The lowest BCUT2D eigenvalue weighted by molar-refractivity contribution is -0.268. The Hall–Kier alpha value is -0.160. The number of rotatable bonds is 5. The van der Waals surface area contributed by atoms with Gasteiger partial charge < -0.3 is 18.9 Å². The molecule has 0 aromatic rings. The van der Waals surface area contributed by atoms with E-state index in [1.54, 1.807) is 21.3 Å². The van der Waals surface area contributed by atoms with Crippen molar-refractivity contribution in [2.75, 3.05) is 27.9 Å². The molecule has 1 aliphatic carbocycles. The van der Waals surface area contributed by atoms with E-state index in [-0.39, 0.29) is 5.60 Å². The van der Waals surface area contributed by atoms with E-state index >= 15 is 0 Å². The van der Waals surface area contributed by atoms with Crippen LogP contribution in [0.3, 0.4) is 0 Å². The zero-order valence-electron chi connectivity index (χ0n) is 9.75. The van der Waals surface area contributed by atoms with Gasteiger partial charge in [0.05, 0.1) is 6.10 Å².